The van der Waals surface area contributed by atoms with E-state index >= 15 is 0 Å². The highest BCUT2D eigenvalue weighted by Gasteiger charge is 2.21. The molecule has 0 fully saturated rings. The second kappa shape index (κ2) is 7.01. The van der Waals surface area contributed by atoms with Gasteiger partial charge >= 0.3 is 6.03 Å². The summed E-state index contributed by atoms with van der Waals surface area (Å²) in [6.45, 7) is 1.70. The predicted octanol–water partition coefficient (Wildman–Crippen LogP) is 2.01. The number of hydrogen-bond acceptors (Lipinski definition) is 4. The largest absolute Gasteiger partial charge is 0.351 e. The molecule has 0 aliphatic carbocycles. The molecule has 1 aromatic carbocycles. The van der Waals surface area contributed by atoms with Crippen molar-refractivity contribution in [1.82, 2.24) is 10.6 Å². The minimum absolute atomic E-state index is 0.111. The highest BCUT2D eigenvalue weighted by atomic mass is 32.1. The number of amides is 3. The Bertz CT molecular complexity index is 599. The maximum absolute atomic E-state index is 11.8. The number of nitrogens with one attached hydrogen (secondary N) is 2. The van der Waals surface area contributed by atoms with E-state index in [1.165, 1.54) is 0 Å². The lowest BCUT2D eigenvalue weighted by molar-refractivity contribution is -0.121. The highest BCUT2D eigenvalue weighted by Crippen LogP contribution is 2.26. The molecule has 2 atom stereocenters. The summed E-state index contributed by atoms with van der Waals surface area (Å²) in [5.74, 6) is -0.444. The van der Waals surface area contributed by atoms with Crippen molar-refractivity contribution in [2.24, 2.45) is 5.73 Å². The van der Waals surface area contributed by atoms with Gasteiger partial charge in [0.15, 0.2) is 0 Å². The summed E-state index contributed by atoms with van der Waals surface area (Å²) in [6, 6.07) is 12.3. The number of carbonyl (C=O) groups is 2. The fraction of sp³-hybridized carbons (Fsp3) is 0.200. The van der Waals surface area contributed by atoms with Gasteiger partial charge in [-0.05, 0) is 23.9 Å². The molecular weight excluding hydrogens is 286 g/mol. The molecule has 110 valence electrons. The number of primary amides is 1. The lowest BCUT2D eigenvalue weighted by atomic mass is 10.0. The molecular formula is C15H17N3O2S. The van der Waals surface area contributed by atoms with Crippen LogP contribution in [0.5, 0.6) is 0 Å². The normalized spacial score (nSPS) is 13.4. The second-order valence-electron chi connectivity index (χ2n) is 4.60. The van der Waals surface area contributed by atoms with Crippen LogP contribution in [-0.4, -0.2) is 18.0 Å². The Labute approximate surface area is 127 Å². The number of nitrogens with two attached hydrogens (primary N) is 1. The molecule has 21 heavy (non-hydrogen) atoms. The lowest BCUT2D eigenvalue weighted by Gasteiger charge is -2.22. The Morgan fingerprint density at radius 1 is 1.14 bits per heavy atom. The van der Waals surface area contributed by atoms with Crippen molar-refractivity contribution in [2.45, 2.75) is 19.0 Å². The number of carbonyl (C=O) groups excluding carboxylic acids is 2. The zero-order valence-corrected chi connectivity index (χ0v) is 12.4. The molecule has 1 aromatic heterocycles. The van der Waals surface area contributed by atoms with E-state index in [0.717, 1.165) is 10.4 Å². The van der Waals surface area contributed by atoms with E-state index in [1.54, 1.807) is 18.3 Å². The van der Waals surface area contributed by atoms with Crippen LogP contribution >= 0.6 is 11.3 Å². The summed E-state index contributed by atoms with van der Waals surface area (Å²) in [4.78, 5) is 23.7. The Morgan fingerprint density at radius 3 is 2.43 bits per heavy atom. The molecule has 0 saturated carbocycles. The summed E-state index contributed by atoms with van der Waals surface area (Å²) < 4.78 is 0. The monoisotopic (exact) mass is 303 g/mol. The number of imide groups is 1. The van der Waals surface area contributed by atoms with E-state index in [-0.39, 0.29) is 6.04 Å². The van der Waals surface area contributed by atoms with Crippen LogP contribution in [-0.2, 0) is 4.79 Å². The number of benzene rings is 1. The predicted molar refractivity (Wildman–Crippen MR) is 82.9 cm³/mol. The number of urea groups is 1. The van der Waals surface area contributed by atoms with Crippen LogP contribution in [0.2, 0.25) is 0 Å². The zero-order chi connectivity index (χ0) is 15.2. The van der Waals surface area contributed by atoms with Crippen molar-refractivity contribution < 1.29 is 9.59 Å². The van der Waals surface area contributed by atoms with Gasteiger partial charge in [0.2, 0.25) is 5.91 Å². The van der Waals surface area contributed by atoms with E-state index in [9.17, 15) is 9.59 Å². The van der Waals surface area contributed by atoms with Crippen molar-refractivity contribution in [2.75, 3.05) is 0 Å². The van der Waals surface area contributed by atoms with Gasteiger partial charge in [-0.25, -0.2) is 4.79 Å². The Morgan fingerprint density at radius 2 is 1.86 bits per heavy atom. The molecule has 0 unspecified atom stereocenters. The topological polar surface area (TPSA) is 84.2 Å². The molecule has 0 aliphatic rings. The van der Waals surface area contributed by atoms with E-state index < -0.39 is 18.0 Å². The van der Waals surface area contributed by atoms with Crippen molar-refractivity contribution >= 4 is 23.3 Å². The first kappa shape index (κ1) is 15.2. The maximum Gasteiger partial charge on any atom is 0.318 e. The molecule has 2 aromatic rings. The molecule has 0 radical (unpaired) electrons. The summed E-state index contributed by atoms with van der Waals surface area (Å²) in [5, 5.41) is 7.30. The van der Waals surface area contributed by atoms with E-state index in [4.69, 9.17) is 5.73 Å². The first-order chi connectivity index (χ1) is 10.1. The molecule has 5 nitrogen and oxygen atoms in total. The lowest BCUT2D eigenvalue weighted by Crippen LogP contribution is -2.47. The van der Waals surface area contributed by atoms with E-state index in [2.05, 4.69) is 10.6 Å². The van der Waals surface area contributed by atoms with Crippen LogP contribution < -0.4 is 16.4 Å². The zero-order valence-electron chi connectivity index (χ0n) is 11.6. The van der Waals surface area contributed by atoms with Gasteiger partial charge in [0.05, 0.1) is 12.1 Å². The van der Waals surface area contributed by atoms with Crippen molar-refractivity contribution in [3.8, 4) is 0 Å². The van der Waals surface area contributed by atoms with Crippen molar-refractivity contribution in [3.05, 3.63) is 58.3 Å². The molecule has 6 heteroatoms. The molecule has 0 bridgehead atoms. The second-order valence-corrected chi connectivity index (χ2v) is 5.58. The van der Waals surface area contributed by atoms with Gasteiger partial charge < -0.3 is 5.73 Å². The van der Waals surface area contributed by atoms with E-state index in [1.807, 2.05) is 47.8 Å². The van der Waals surface area contributed by atoms with Crippen LogP contribution in [0.25, 0.3) is 0 Å². The van der Waals surface area contributed by atoms with Crippen LogP contribution in [0.1, 0.15) is 23.4 Å². The fourth-order valence-corrected chi connectivity index (χ4v) is 2.81. The van der Waals surface area contributed by atoms with Gasteiger partial charge in [-0.3, -0.25) is 15.4 Å². The quantitative estimate of drug-likeness (QED) is 0.790. The van der Waals surface area contributed by atoms with Gasteiger partial charge in [0, 0.05) is 4.88 Å². The summed E-state index contributed by atoms with van der Waals surface area (Å²) >= 11 is 1.61. The summed E-state index contributed by atoms with van der Waals surface area (Å²) in [5.41, 5.74) is 6.03. The molecule has 0 saturated heterocycles. The van der Waals surface area contributed by atoms with Gasteiger partial charge in [-0.15, -0.1) is 11.3 Å². The van der Waals surface area contributed by atoms with Crippen LogP contribution in [0.3, 0.4) is 0 Å². The standard InChI is InChI=1S/C15H17N3O2S/c1-10(14(19)18-15(16)20)17-13(12-8-5-9-21-12)11-6-3-2-4-7-11/h2-10,13,17H,1H3,(H3,16,18,19,20)/t10-,13-/m1/s1. The number of thiophene rings is 1. The first-order valence-corrected chi connectivity index (χ1v) is 7.40. The Balaban J connectivity index is 2.18. The van der Waals surface area contributed by atoms with Gasteiger partial charge in [-0.2, -0.15) is 0 Å². The smallest absolute Gasteiger partial charge is 0.318 e. The molecule has 3 amide bonds. The average molecular weight is 303 g/mol. The third-order valence-corrected chi connectivity index (χ3v) is 3.95. The molecule has 2 rings (SSSR count). The SMILES string of the molecule is C[C@@H](N[C@H](c1ccccc1)c1cccs1)C(=O)NC(N)=O. The molecule has 4 N–H and O–H groups in total. The third kappa shape index (κ3) is 4.14. The van der Waals surface area contributed by atoms with E-state index in [0.29, 0.717) is 0 Å². The van der Waals surface area contributed by atoms with Gasteiger partial charge in [0.25, 0.3) is 0 Å². The number of rotatable bonds is 5. The van der Waals surface area contributed by atoms with Crippen LogP contribution in [0.15, 0.2) is 47.8 Å². The highest BCUT2D eigenvalue weighted by molar-refractivity contribution is 7.10. The minimum atomic E-state index is -0.846. The number of hydrogen-bond donors (Lipinski definition) is 3. The Hall–Kier alpha value is -2.18. The molecule has 0 aliphatic heterocycles. The minimum Gasteiger partial charge on any atom is -0.351 e. The molecule has 0 spiro atoms. The van der Waals surface area contributed by atoms with Crippen LogP contribution in [0, 0.1) is 0 Å². The fourth-order valence-electron chi connectivity index (χ4n) is 2.00. The van der Waals surface area contributed by atoms with Crippen molar-refractivity contribution in [3.63, 3.8) is 0 Å². The maximum atomic E-state index is 11.8. The van der Waals surface area contributed by atoms with Gasteiger partial charge in [0.1, 0.15) is 0 Å². The summed E-state index contributed by atoms with van der Waals surface area (Å²) in [6.07, 6.45) is 0. The Kier molecular flexibility index (Phi) is 5.08. The average Bonchev–Trinajstić information content (AvgIpc) is 2.98. The first-order valence-electron chi connectivity index (χ1n) is 6.52. The third-order valence-electron chi connectivity index (χ3n) is 3.02. The summed E-state index contributed by atoms with van der Waals surface area (Å²) in [7, 11) is 0. The van der Waals surface area contributed by atoms with Crippen molar-refractivity contribution in [1.29, 1.82) is 0 Å². The van der Waals surface area contributed by atoms with Gasteiger partial charge in [-0.1, -0.05) is 36.4 Å². The molecule has 1 heterocycles. The van der Waals surface area contributed by atoms with Crippen LogP contribution in [0.4, 0.5) is 4.79 Å².